The summed E-state index contributed by atoms with van der Waals surface area (Å²) in [6, 6.07) is 11.9. The van der Waals surface area contributed by atoms with E-state index in [1.165, 1.54) is 5.56 Å². The summed E-state index contributed by atoms with van der Waals surface area (Å²) in [6.45, 7) is 10.5. The van der Waals surface area contributed by atoms with E-state index in [0.29, 0.717) is 64.1 Å². The van der Waals surface area contributed by atoms with Crippen LogP contribution in [0.1, 0.15) is 51.5 Å². The number of aromatic nitrogens is 1. The number of amides is 2. The van der Waals surface area contributed by atoms with E-state index in [0.717, 1.165) is 30.1 Å². The van der Waals surface area contributed by atoms with Crippen molar-refractivity contribution in [2.24, 2.45) is 5.92 Å². The Bertz CT molecular complexity index is 1140. The Labute approximate surface area is 227 Å². The topological polar surface area (TPSA) is 95.1 Å². The summed E-state index contributed by atoms with van der Waals surface area (Å²) in [4.78, 5) is 21.2. The first-order valence-corrected chi connectivity index (χ1v) is 15.3. The number of likely N-dealkylation sites (tertiary alicyclic amines) is 1. The van der Waals surface area contributed by atoms with Crippen molar-refractivity contribution in [2.75, 3.05) is 61.8 Å². The molecule has 38 heavy (non-hydrogen) atoms. The maximum atomic E-state index is 12.7. The lowest BCUT2D eigenvalue weighted by atomic mass is 9.98. The van der Waals surface area contributed by atoms with Crippen LogP contribution in [0.25, 0.3) is 0 Å². The fourth-order valence-electron chi connectivity index (χ4n) is 4.90. The van der Waals surface area contributed by atoms with Crippen molar-refractivity contribution in [3.05, 3.63) is 48.2 Å². The molecule has 0 spiro atoms. The van der Waals surface area contributed by atoms with Crippen LogP contribution in [0.5, 0.6) is 5.75 Å². The molecule has 9 nitrogen and oxygen atoms in total. The molecule has 0 atom stereocenters. The summed E-state index contributed by atoms with van der Waals surface area (Å²) in [7, 11) is -3.15. The molecule has 0 radical (unpaired) electrons. The zero-order valence-corrected chi connectivity index (χ0v) is 23.6. The lowest BCUT2D eigenvalue weighted by Gasteiger charge is -2.34. The highest BCUT2D eigenvalue weighted by Crippen LogP contribution is 2.23. The molecule has 4 rings (SSSR count). The number of sulfonamides is 1. The van der Waals surface area contributed by atoms with Crippen LogP contribution in [0.3, 0.4) is 0 Å². The second-order valence-electron chi connectivity index (χ2n) is 10.5. The molecule has 2 saturated heterocycles. The van der Waals surface area contributed by atoms with Gasteiger partial charge in [0.1, 0.15) is 11.6 Å². The normalized spacial score (nSPS) is 17.6. The minimum atomic E-state index is -3.15. The maximum absolute atomic E-state index is 12.7. The van der Waals surface area contributed by atoms with E-state index in [9.17, 15) is 13.2 Å². The molecule has 1 aromatic heterocycles. The minimum Gasteiger partial charge on any atom is -0.492 e. The number of piperazine rings is 1. The number of hydrogen-bond acceptors (Lipinski definition) is 6. The van der Waals surface area contributed by atoms with Gasteiger partial charge in [0, 0.05) is 45.0 Å². The van der Waals surface area contributed by atoms with Gasteiger partial charge >= 0.3 is 6.03 Å². The molecule has 1 aromatic carbocycles. The van der Waals surface area contributed by atoms with E-state index in [4.69, 9.17) is 4.74 Å². The molecule has 208 valence electrons. The lowest BCUT2D eigenvalue weighted by Crippen LogP contribution is -2.49. The number of carbonyl (C=O) groups is 1. The predicted molar refractivity (Wildman–Crippen MR) is 151 cm³/mol. The summed E-state index contributed by atoms with van der Waals surface area (Å²) in [5.74, 6) is 2.62. The molecule has 2 fully saturated rings. The molecule has 0 bridgehead atoms. The largest absolute Gasteiger partial charge is 0.492 e. The highest BCUT2D eigenvalue weighted by molar-refractivity contribution is 7.89. The number of ether oxygens (including phenoxy) is 1. The van der Waals surface area contributed by atoms with Gasteiger partial charge in [0.15, 0.2) is 0 Å². The Balaban J connectivity index is 1.17. The molecule has 2 aromatic rings. The Morgan fingerprint density at radius 2 is 1.71 bits per heavy atom. The summed E-state index contributed by atoms with van der Waals surface area (Å²) in [5, 5.41) is 3.01. The number of urea groups is 1. The molecule has 10 heteroatoms. The first-order valence-electron chi connectivity index (χ1n) is 13.7. The van der Waals surface area contributed by atoms with Crippen LogP contribution < -0.4 is 15.0 Å². The van der Waals surface area contributed by atoms with Crippen LogP contribution in [-0.4, -0.2) is 80.3 Å². The molecular formula is C28H41N5O4S. The van der Waals surface area contributed by atoms with Crippen LogP contribution in [0.4, 0.5) is 16.3 Å². The van der Waals surface area contributed by atoms with Gasteiger partial charge in [-0.25, -0.2) is 18.2 Å². The third kappa shape index (κ3) is 7.38. The van der Waals surface area contributed by atoms with Gasteiger partial charge in [0.25, 0.3) is 0 Å². The van der Waals surface area contributed by atoms with Gasteiger partial charge in [0.2, 0.25) is 10.0 Å². The number of rotatable bonds is 9. The first-order chi connectivity index (χ1) is 18.2. The zero-order valence-electron chi connectivity index (χ0n) is 22.8. The van der Waals surface area contributed by atoms with Crippen LogP contribution in [-0.2, 0) is 10.0 Å². The molecule has 0 aliphatic carbocycles. The number of nitrogens with zero attached hydrogens (tertiary/aromatic N) is 4. The summed E-state index contributed by atoms with van der Waals surface area (Å²) < 4.78 is 32.2. The van der Waals surface area contributed by atoms with E-state index >= 15 is 0 Å². The molecule has 2 amide bonds. The van der Waals surface area contributed by atoms with Crippen LogP contribution in [0.2, 0.25) is 0 Å². The minimum absolute atomic E-state index is 0.0507. The number of anilines is 2. The number of carbonyl (C=O) groups excluding carboxylic acids is 1. The molecule has 0 unspecified atom stereocenters. The molecule has 2 aliphatic heterocycles. The SMILES string of the molecule is CCCS(=O)(=O)N1CCN(c2ccc(OCC3CCN(C(=O)Nc4ccc(C(C)C)cc4)CC3)cn2)CC1. The predicted octanol–water partition coefficient (Wildman–Crippen LogP) is 4.39. The molecule has 3 heterocycles. The van der Waals surface area contributed by atoms with E-state index in [1.807, 2.05) is 36.1 Å². The van der Waals surface area contributed by atoms with E-state index < -0.39 is 10.0 Å². The number of nitrogens with one attached hydrogen (secondary N) is 1. The van der Waals surface area contributed by atoms with Crippen molar-refractivity contribution >= 4 is 27.6 Å². The van der Waals surface area contributed by atoms with Crippen molar-refractivity contribution in [2.45, 2.75) is 46.0 Å². The van der Waals surface area contributed by atoms with Crippen molar-refractivity contribution in [3.8, 4) is 5.75 Å². The smallest absolute Gasteiger partial charge is 0.321 e. The summed E-state index contributed by atoms with van der Waals surface area (Å²) >= 11 is 0. The number of hydrogen-bond donors (Lipinski definition) is 1. The van der Waals surface area contributed by atoms with Gasteiger partial charge in [-0.1, -0.05) is 32.9 Å². The molecular weight excluding hydrogens is 502 g/mol. The monoisotopic (exact) mass is 543 g/mol. The number of pyridine rings is 1. The lowest BCUT2D eigenvalue weighted by molar-refractivity contribution is 0.152. The highest BCUT2D eigenvalue weighted by atomic mass is 32.2. The van der Waals surface area contributed by atoms with Gasteiger partial charge < -0.3 is 19.9 Å². The van der Waals surface area contributed by atoms with Gasteiger partial charge in [-0.15, -0.1) is 0 Å². The third-order valence-electron chi connectivity index (χ3n) is 7.35. The number of piperidine rings is 1. The number of benzene rings is 1. The quantitative estimate of drug-likeness (QED) is 0.504. The van der Waals surface area contributed by atoms with E-state index in [-0.39, 0.29) is 11.8 Å². The average molecular weight is 544 g/mol. The van der Waals surface area contributed by atoms with Gasteiger partial charge in [0.05, 0.1) is 18.6 Å². The average Bonchev–Trinajstić information content (AvgIpc) is 2.93. The summed E-state index contributed by atoms with van der Waals surface area (Å²) in [6.07, 6.45) is 4.17. The third-order valence-corrected chi connectivity index (χ3v) is 9.43. The Morgan fingerprint density at radius 1 is 1.03 bits per heavy atom. The Kier molecular flexibility index (Phi) is 9.49. The van der Waals surface area contributed by atoms with Crippen LogP contribution in [0.15, 0.2) is 42.6 Å². The van der Waals surface area contributed by atoms with E-state index in [2.05, 4.69) is 41.2 Å². The molecule has 2 aliphatic rings. The van der Waals surface area contributed by atoms with Crippen LogP contribution in [0, 0.1) is 5.92 Å². The second-order valence-corrected chi connectivity index (χ2v) is 12.6. The zero-order chi connectivity index (χ0) is 27.1. The van der Waals surface area contributed by atoms with Crippen molar-refractivity contribution in [1.29, 1.82) is 0 Å². The van der Waals surface area contributed by atoms with Gasteiger partial charge in [-0.3, -0.25) is 0 Å². The Morgan fingerprint density at radius 3 is 2.29 bits per heavy atom. The fourth-order valence-corrected chi connectivity index (χ4v) is 6.39. The Hall–Kier alpha value is -2.85. The van der Waals surface area contributed by atoms with Crippen LogP contribution >= 0.6 is 0 Å². The second kappa shape index (κ2) is 12.8. The van der Waals surface area contributed by atoms with Crippen molar-refractivity contribution in [1.82, 2.24) is 14.2 Å². The molecule has 1 N–H and O–H groups in total. The first kappa shape index (κ1) is 28.2. The highest BCUT2D eigenvalue weighted by Gasteiger charge is 2.27. The standard InChI is InChI=1S/C28H41N5O4S/c1-4-19-38(35,36)33-17-15-31(16-18-33)27-10-9-26(20-29-27)37-21-23-11-13-32(14-12-23)28(34)30-25-7-5-24(6-8-25)22(2)3/h5-10,20,22-23H,4,11-19,21H2,1-3H3,(H,30,34). The molecule has 0 saturated carbocycles. The maximum Gasteiger partial charge on any atom is 0.321 e. The van der Waals surface area contributed by atoms with Gasteiger partial charge in [-0.2, -0.15) is 4.31 Å². The summed E-state index contributed by atoms with van der Waals surface area (Å²) in [5.41, 5.74) is 2.08. The van der Waals surface area contributed by atoms with Crippen molar-refractivity contribution in [3.63, 3.8) is 0 Å². The van der Waals surface area contributed by atoms with Crippen molar-refractivity contribution < 1.29 is 17.9 Å². The fraction of sp³-hybridized carbons (Fsp3) is 0.571. The van der Waals surface area contributed by atoms with Gasteiger partial charge in [-0.05, 0) is 60.9 Å². The van der Waals surface area contributed by atoms with E-state index in [1.54, 1.807) is 10.5 Å².